The van der Waals surface area contributed by atoms with Crippen molar-refractivity contribution in [3.8, 4) is 0 Å². The molecule has 5 rings (SSSR count). The van der Waals surface area contributed by atoms with Crippen LogP contribution in [-0.4, -0.2) is 73.8 Å². The first kappa shape index (κ1) is 24.0. The Labute approximate surface area is 211 Å². The third-order valence-electron chi connectivity index (χ3n) is 6.20. The van der Waals surface area contributed by atoms with Crippen LogP contribution in [0.1, 0.15) is 16.7 Å². The molecule has 0 unspecified atom stereocenters. The summed E-state index contributed by atoms with van der Waals surface area (Å²) in [7, 11) is 0. The van der Waals surface area contributed by atoms with E-state index in [1.807, 2.05) is 0 Å². The number of hydrogen-bond acceptors (Lipinski definition) is 10. The average molecular weight is 489 g/mol. The van der Waals surface area contributed by atoms with Crippen molar-refractivity contribution in [3.05, 3.63) is 59.2 Å². The summed E-state index contributed by atoms with van der Waals surface area (Å²) < 4.78 is 10.9. The van der Waals surface area contributed by atoms with E-state index in [2.05, 4.69) is 96.9 Å². The molecule has 0 amide bonds. The number of aryl methyl sites for hydroxylation is 2. The lowest BCUT2D eigenvalue weighted by Crippen LogP contribution is -2.37. The molecule has 0 radical (unpaired) electrons. The largest absolute Gasteiger partial charge is 0.378 e. The van der Waals surface area contributed by atoms with Gasteiger partial charge >= 0.3 is 0 Å². The van der Waals surface area contributed by atoms with Crippen molar-refractivity contribution in [2.45, 2.75) is 13.8 Å². The van der Waals surface area contributed by atoms with Crippen LogP contribution in [0.25, 0.3) is 0 Å². The van der Waals surface area contributed by atoms with Gasteiger partial charge in [-0.15, -0.1) is 0 Å². The fourth-order valence-corrected chi connectivity index (χ4v) is 4.12. The van der Waals surface area contributed by atoms with Crippen LogP contribution in [0.2, 0.25) is 0 Å². The van der Waals surface area contributed by atoms with Gasteiger partial charge in [-0.05, 0) is 48.7 Å². The van der Waals surface area contributed by atoms with E-state index in [9.17, 15) is 0 Å². The average Bonchev–Trinajstić information content (AvgIpc) is 2.92. The minimum atomic E-state index is 0.375. The van der Waals surface area contributed by atoms with Crippen molar-refractivity contribution < 1.29 is 9.47 Å². The highest BCUT2D eigenvalue weighted by atomic mass is 16.5. The van der Waals surface area contributed by atoms with Crippen LogP contribution in [0.3, 0.4) is 0 Å². The van der Waals surface area contributed by atoms with Crippen LogP contribution in [0.5, 0.6) is 0 Å². The van der Waals surface area contributed by atoms with Crippen molar-refractivity contribution >= 4 is 35.4 Å². The highest BCUT2D eigenvalue weighted by Crippen LogP contribution is 2.22. The molecule has 1 aromatic heterocycles. The van der Waals surface area contributed by atoms with Crippen molar-refractivity contribution in [3.63, 3.8) is 0 Å². The highest BCUT2D eigenvalue weighted by Gasteiger charge is 2.17. The molecule has 10 heteroatoms. The number of anilines is 5. The maximum atomic E-state index is 5.49. The van der Waals surface area contributed by atoms with Crippen LogP contribution in [0.15, 0.2) is 47.6 Å². The minimum absolute atomic E-state index is 0.375. The zero-order chi connectivity index (χ0) is 24.7. The summed E-state index contributed by atoms with van der Waals surface area (Å²) >= 11 is 0. The summed E-state index contributed by atoms with van der Waals surface area (Å²) in [6, 6.07) is 14.6. The molecule has 10 nitrogen and oxygen atoms in total. The maximum absolute atomic E-state index is 5.49. The van der Waals surface area contributed by atoms with E-state index in [1.54, 1.807) is 6.21 Å². The van der Waals surface area contributed by atoms with Crippen molar-refractivity contribution in [1.29, 1.82) is 0 Å². The second kappa shape index (κ2) is 11.3. The molecule has 2 fully saturated rings. The van der Waals surface area contributed by atoms with E-state index in [4.69, 9.17) is 9.47 Å². The van der Waals surface area contributed by atoms with Crippen molar-refractivity contribution in [2.24, 2.45) is 5.10 Å². The molecule has 0 saturated carbocycles. The van der Waals surface area contributed by atoms with Crippen LogP contribution < -0.4 is 20.5 Å². The molecule has 188 valence electrons. The molecular weight excluding hydrogens is 456 g/mol. The number of ether oxygens (including phenoxy) is 2. The van der Waals surface area contributed by atoms with E-state index >= 15 is 0 Å². The molecule has 0 atom stereocenters. The van der Waals surface area contributed by atoms with E-state index in [1.165, 1.54) is 5.69 Å². The van der Waals surface area contributed by atoms with Gasteiger partial charge in [0.15, 0.2) is 0 Å². The standard InChI is InChI=1S/C26H32N8O2/c1-19-3-4-20(2)23(17-19)28-24-29-25(31-26(30-24)34-11-15-36-16-12-34)32-27-18-21-5-7-22(8-6-21)33-9-13-35-14-10-33/h3-8,17-18H,9-16H2,1-2H3,(H2,28,29,30,31,32). The van der Waals surface area contributed by atoms with Crippen LogP contribution in [-0.2, 0) is 9.47 Å². The Balaban J connectivity index is 1.32. The van der Waals surface area contributed by atoms with Gasteiger partial charge < -0.3 is 24.6 Å². The Kier molecular flexibility index (Phi) is 7.53. The second-order valence-electron chi connectivity index (χ2n) is 8.89. The van der Waals surface area contributed by atoms with Gasteiger partial charge in [-0.1, -0.05) is 24.3 Å². The third-order valence-corrected chi connectivity index (χ3v) is 6.20. The molecule has 2 N–H and O–H groups in total. The number of aromatic nitrogens is 3. The number of morpholine rings is 2. The number of rotatable bonds is 7. The molecule has 36 heavy (non-hydrogen) atoms. The van der Waals surface area contributed by atoms with Crippen molar-refractivity contribution in [1.82, 2.24) is 15.0 Å². The zero-order valence-electron chi connectivity index (χ0n) is 20.8. The molecule has 3 heterocycles. The van der Waals surface area contributed by atoms with Gasteiger partial charge in [0.2, 0.25) is 17.8 Å². The minimum Gasteiger partial charge on any atom is -0.378 e. The van der Waals surface area contributed by atoms with Crippen LogP contribution >= 0.6 is 0 Å². The topological polar surface area (TPSA) is 100 Å². The van der Waals surface area contributed by atoms with E-state index in [0.717, 1.165) is 61.8 Å². The lowest BCUT2D eigenvalue weighted by Gasteiger charge is -2.28. The summed E-state index contributed by atoms with van der Waals surface area (Å²) in [5, 5.41) is 7.74. The van der Waals surface area contributed by atoms with Crippen LogP contribution in [0.4, 0.5) is 29.2 Å². The molecule has 2 saturated heterocycles. The van der Waals surface area contributed by atoms with Gasteiger partial charge in [-0.2, -0.15) is 20.1 Å². The lowest BCUT2D eigenvalue weighted by atomic mass is 10.1. The van der Waals surface area contributed by atoms with Crippen molar-refractivity contribution in [2.75, 3.05) is 73.1 Å². The predicted molar refractivity (Wildman–Crippen MR) is 143 cm³/mol. The second-order valence-corrected chi connectivity index (χ2v) is 8.89. The maximum Gasteiger partial charge on any atom is 0.250 e. The lowest BCUT2D eigenvalue weighted by molar-refractivity contribution is 0.122. The molecule has 2 aliphatic rings. The van der Waals surface area contributed by atoms with Gasteiger partial charge in [-0.3, -0.25) is 0 Å². The molecule has 3 aromatic rings. The Morgan fingerprint density at radius 1 is 0.806 bits per heavy atom. The fourth-order valence-electron chi connectivity index (χ4n) is 4.12. The fraction of sp³-hybridized carbons (Fsp3) is 0.385. The Bertz CT molecular complexity index is 1190. The normalized spacial score (nSPS) is 16.4. The Hall–Kier alpha value is -3.76. The first-order valence-electron chi connectivity index (χ1n) is 12.3. The molecule has 0 bridgehead atoms. The van der Waals surface area contributed by atoms with Gasteiger partial charge in [0, 0.05) is 37.6 Å². The number of nitrogens with one attached hydrogen (secondary N) is 2. The van der Waals surface area contributed by atoms with E-state index in [-0.39, 0.29) is 0 Å². The monoisotopic (exact) mass is 488 g/mol. The van der Waals surface area contributed by atoms with Gasteiger partial charge in [0.25, 0.3) is 0 Å². The highest BCUT2D eigenvalue weighted by molar-refractivity contribution is 5.80. The first-order valence-corrected chi connectivity index (χ1v) is 12.3. The molecule has 2 aromatic carbocycles. The molecule has 0 spiro atoms. The number of benzene rings is 2. The summed E-state index contributed by atoms with van der Waals surface area (Å²) in [6.45, 7) is 10.2. The molecule has 0 aliphatic carbocycles. The van der Waals surface area contributed by atoms with Crippen LogP contribution in [0, 0.1) is 13.8 Å². The van der Waals surface area contributed by atoms with Gasteiger partial charge in [0.1, 0.15) is 0 Å². The Morgan fingerprint density at radius 2 is 1.47 bits per heavy atom. The smallest absolute Gasteiger partial charge is 0.250 e. The molecule has 2 aliphatic heterocycles. The SMILES string of the molecule is Cc1ccc(C)c(Nc2nc(NN=Cc3ccc(N4CCOCC4)cc3)nc(N3CCOCC3)n2)c1. The van der Waals surface area contributed by atoms with E-state index < -0.39 is 0 Å². The van der Waals surface area contributed by atoms with E-state index in [0.29, 0.717) is 31.1 Å². The van der Waals surface area contributed by atoms with Gasteiger partial charge in [-0.25, -0.2) is 5.43 Å². The Morgan fingerprint density at radius 3 is 2.19 bits per heavy atom. The summed E-state index contributed by atoms with van der Waals surface area (Å²) in [5.74, 6) is 1.43. The third kappa shape index (κ3) is 6.07. The predicted octanol–water partition coefficient (Wildman–Crippen LogP) is 3.35. The first-order chi connectivity index (χ1) is 17.6. The summed E-state index contributed by atoms with van der Waals surface area (Å²) in [5.41, 5.74) is 8.40. The van der Waals surface area contributed by atoms with Gasteiger partial charge in [0.05, 0.1) is 32.6 Å². The summed E-state index contributed by atoms with van der Waals surface area (Å²) in [4.78, 5) is 18.3. The zero-order valence-corrected chi connectivity index (χ0v) is 20.8. The number of nitrogens with zero attached hydrogens (tertiary/aromatic N) is 6. The number of hydrogen-bond donors (Lipinski definition) is 2. The molecular formula is C26H32N8O2. The number of hydrazone groups is 1. The summed E-state index contributed by atoms with van der Waals surface area (Å²) in [6.07, 6.45) is 1.76. The quantitative estimate of drug-likeness (QED) is 0.383.